The molecule has 2 aliphatic rings. The first kappa shape index (κ1) is 14.5. The van der Waals surface area contributed by atoms with Gasteiger partial charge in [-0.1, -0.05) is 25.3 Å². The maximum Gasteiger partial charge on any atom is 0.129 e. The Balaban J connectivity index is 1.66. The monoisotopic (exact) mass is 286 g/mol. The van der Waals surface area contributed by atoms with Crippen LogP contribution in [0.15, 0.2) is 18.2 Å². The minimum Gasteiger partial charge on any atom is -0.296 e. The third-order valence-corrected chi connectivity index (χ3v) is 4.84. The van der Waals surface area contributed by atoms with Gasteiger partial charge in [0.15, 0.2) is 0 Å². The number of rotatable bonds is 5. The highest BCUT2D eigenvalue weighted by atomic mass is 19.1. The lowest BCUT2D eigenvalue weighted by molar-refractivity contribution is 0.184. The summed E-state index contributed by atoms with van der Waals surface area (Å²) in [6.45, 7) is 1.81. The first-order valence-electron chi connectivity index (χ1n) is 8.19. The molecule has 0 heterocycles. The highest BCUT2D eigenvalue weighted by Crippen LogP contribution is 2.32. The second-order valence-corrected chi connectivity index (χ2v) is 6.58. The molecule has 0 bridgehead atoms. The van der Waals surface area contributed by atoms with Gasteiger partial charge in [0.1, 0.15) is 5.82 Å². The van der Waals surface area contributed by atoms with Gasteiger partial charge < -0.3 is 0 Å². The number of hydrogen-bond acceptors (Lipinski definition) is 2. The van der Waals surface area contributed by atoms with Crippen LogP contribution in [0, 0.1) is 23.1 Å². The molecule has 2 aliphatic carbocycles. The molecule has 0 aliphatic heterocycles. The van der Waals surface area contributed by atoms with E-state index in [2.05, 4.69) is 4.90 Å². The molecule has 1 aromatic carbocycles. The van der Waals surface area contributed by atoms with Crippen molar-refractivity contribution in [3.63, 3.8) is 0 Å². The van der Waals surface area contributed by atoms with E-state index in [0.29, 0.717) is 18.2 Å². The third-order valence-electron chi connectivity index (χ3n) is 4.84. The van der Waals surface area contributed by atoms with E-state index in [1.54, 1.807) is 12.1 Å². The topological polar surface area (TPSA) is 27.0 Å². The first-order chi connectivity index (χ1) is 10.3. The van der Waals surface area contributed by atoms with Crippen LogP contribution >= 0.6 is 0 Å². The Labute approximate surface area is 126 Å². The van der Waals surface area contributed by atoms with Crippen molar-refractivity contribution in [3.05, 3.63) is 35.1 Å². The van der Waals surface area contributed by atoms with Gasteiger partial charge in [-0.2, -0.15) is 5.26 Å². The molecule has 1 aromatic rings. The van der Waals surface area contributed by atoms with Crippen LogP contribution < -0.4 is 0 Å². The molecular formula is C18H23FN2. The first-order valence-corrected chi connectivity index (χ1v) is 8.19. The molecule has 0 spiro atoms. The van der Waals surface area contributed by atoms with Gasteiger partial charge in [0.25, 0.3) is 0 Å². The van der Waals surface area contributed by atoms with Crippen LogP contribution in [0.5, 0.6) is 0 Å². The van der Waals surface area contributed by atoms with E-state index in [-0.39, 0.29) is 5.82 Å². The molecule has 0 unspecified atom stereocenters. The van der Waals surface area contributed by atoms with Crippen molar-refractivity contribution in [2.75, 3.05) is 6.54 Å². The number of nitriles is 1. The maximum absolute atomic E-state index is 14.1. The molecule has 0 N–H and O–H groups in total. The molecule has 0 saturated heterocycles. The van der Waals surface area contributed by atoms with E-state index in [1.165, 1.54) is 51.0 Å². The molecule has 0 aromatic heterocycles. The quantitative estimate of drug-likeness (QED) is 0.809. The number of benzene rings is 1. The van der Waals surface area contributed by atoms with E-state index in [0.717, 1.165) is 18.0 Å². The van der Waals surface area contributed by atoms with E-state index >= 15 is 0 Å². The van der Waals surface area contributed by atoms with Crippen molar-refractivity contribution >= 4 is 0 Å². The Bertz CT molecular complexity index is 525. The summed E-state index contributed by atoms with van der Waals surface area (Å²) in [5, 5.41) is 8.82. The normalized spacial score (nSPS) is 19.7. The SMILES string of the molecule is N#Cc1ccc(CN(CC2CCCCC2)C2CC2)c(F)c1. The fourth-order valence-corrected chi connectivity index (χ4v) is 3.45. The summed E-state index contributed by atoms with van der Waals surface area (Å²) >= 11 is 0. The Kier molecular flexibility index (Phi) is 4.55. The fourth-order valence-electron chi connectivity index (χ4n) is 3.45. The van der Waals surface area contributed by atoms with Gasteiger partial charge in [0.2, 0.25) is 0 Å². The van der Waals surface area contributed by atoms with Crippen molar-refractivity contribution in [1.29, 1.82) is 5.26 Å². The zero-order valence-corrected chi connectivity index (χ0v) is 12.5. The van der Waals surface area contributed by atoms with Crippen LogP contribution in [-0.4, -0.2) is 17.5 Å². The van der Waals surface area contributed by atoms with Gasteiger partial charge >= 0.3 is 0 Å². The molecular weight excluding hydrogens is 263 g/mol. The van der Waals surface area contributed by atoms with Crippen molar-refractivity contribution in [2.24, 2.45) is 5.92 Å². The molecule has 2 fully saturated rings. The number of halogens is 1. The molecule has 0 radical (unpaired) electrons. The van der Waals surface area contributed by atoms with Gasteiger partial charge in [-0.05, 0) is 43.7 Å². The second kappa shape index (κ2) is 6.58. The molecule has 112 valence electrons. The molecule has 0 atom stereocenters. The fraction of sp³-hybridized carbons (Fsp3) is 0.611. The van der Waals surface area contributed by atoms with Crippen LogP contribution in [0.2, 0.25) is 0 Å². The van der Waals surface area contributed by atoms with E-state index in [1.807, 2.05) is 6.07 Å². The van der Waals surface area contributed by atoms with Crippen LogP contribution in [0.1, 0.15) is 56.1 Å². The van der Waals surface area contributed by atoms with E-state index in [9.17, 15) is 4.39 Å². The Hall–Kier alpha value is -1.40. The van der Waals surface area contributed by atoms with Crippen molar-refractivity contribution in [2.45, 2.75) is 57.5 Å². The minimum atomic E-state index is -0.233. The predicted octanol–water partition coefficient (Wildman–Crippen LogP) is 4.24. The largest absolute Gasteiger partial charge is 0.296 e. The summed E-state index contributed by atoms with van der Waals surface area (Å²) in [6, 6.07) is 7.52. The zero-order valence-electron chi connectivity index (χ0n) is 12.5. The standard InChI is InChI=1S/C18H23FN2/c19-18-10-15(11-20)6-7-16(18)13-21(17-8-9-17)12-14-4-2-1-3-5-14/h6-7,10,14,17H,1-5,8-9,12-13H2. The van der Waals surface area contributed by atoms with E-state index < -0.39 is 0 Å². The van der Waals surface area contributed by atoms with Crippen LogP contribution in [0.4, 0.5) is 4.39 Å². The Morgan fingerprint density at radius 2 is 1.90 bits per heavy atom. The van der Waals surface area contributed by atoms with Gasteiger partial charge in [-0.3, -0.25) is 4.90 Å². The minimum absolute atomic E-state index is 0.233. The summed E-state index contributed by atoms with van der Waals surface area (Å²) in [5.74, 6) is 0.559. The Morgan fingerprint density at radius 3 is 2.52 bits per heavy atom. The molecule has 21 heavy (non-hydrogen) atoms. The van der Waals surface area contributed by atoms with Crippen LogP contribution in [0.25, 0.3) is 0 Å². The van der Waals surface area contributed by atoms with Crippen LogP contribution in [0.3, 0.4) is 0 Å². The predicted molar refractivity (Wildman–Crippen MR) is 81.1 cm³/mol. The van der Waals surface area contributed by atoms with Gasteiger partial charge in [-0.25, -0.2) is 4.39 Å². The molecule has 2 nitrogen and oxygen atoms in total. The van der Waals surface area contributed by atoms with Crippen LogP contribution in [-0.2, 0) is 6.54 Å². The van der Waals surface area contributed by atoms with Crippen molar-refractivity contribution in [1.82, 2.24) is 4.90 Å². The lowest BCUT2D eigenvalue weighted by atomic mass is 9.89. The average Bonchev–Trinajstić information content (AvgIpc) is 3.34. The van der Waals surface area contributed by atoms with Crippen molar-refractivity contribution in [3.8, 4) is 6.07 Å². The van der Waals surface area contributed by atoms with Gasteiger partial charge in [0, 0.05) is 24.7 Å². The lowest BCUT2D eigenvalue weighted by Crippen LogP contribution is -2.32. The molecule has 3 rings (SSSR count). The zero-order chi connectivity index (χ0) is 14.7. The Morgan fingerprint density at radius 1 is 1.14 bits per heavy atom. The van der Waals surface area contributed by atoms with Gasteiger partial charge in [-0.15, -0.1) is 0 Å². The summed E-state index contributed by atoms with van der Waals surface area (Å²) in [6.07, 6.45) is 9.26. The summed E-state index contributed by atoms with van der Waals surface area (Å²) in [5.41, 5.74) is 1.14. The van der Waals surface area contributed by atoms with Crippen molar-refractivity contribution < 1.29 is 4.39 Å². The summed E-state index contributed by atoms with van der Waals surface area (Å²) in [7, 11) is 0. The third kappa shape index (κ3) is 3.83. The summed E-state index contributed by atoms with van der Waals surface area (Å²) in [4.78, 5) is 2.47. The smallest absolute Gasteiger partial charge is 0.129 e. The van der Waals surface area contributed by atoms with Gasteiger partial charge in [0.05, 0.1) is 11.6 Å². The molecule has 3 heteroatoms. The lowest BCUT2D eigenvalue weighted by Gasteiger charge is -2.30. The number of nitrogens with zero attached hydrogens (tertiary/aromatic N) is 2. The van der Waals surface area contributed by atoms with E-state index in [4.69, 9.17) is 5.26 Å². The highest BCUT2D eigenvalue weighted by Gasteiger charge is 2.31. The molecule has 2 saturated carbocycles. The second-order valence-electron chi connectivity index (χ2n) is 6.58. The highest BCUT2D eigenvalue weighted by molar-refractivity contribution is 5.32. The number of hydrogen-bond donors (Lipinski definition) is 0. The summed E-state index contributed by atoms with van der Waals surface area (Å²) < 4.78 is 14.1. The average molecular weight is 286 g/mol. The molecule has 0 amide bonds. The maximum atomic E-state index is 14.1.